The molecule has 0 spiro atoms. The first-order valence-electron chi connectivity index (χ1n) is 9.63. The Morgan fingerprint density at radius 2 is 1.19 bits per heavy atom. The van der Waals surface area contributed by atoms with Crippen molar-refractivity contribution in [3.63, 3.8) is 0 Å². The number of hydrogen-bond donors (Lipinski definition) is 2. The molecule has 8 heteroatoms. The van der Waals surface area contributed by atoms with E-state index in [1.165, 1.54) is 42.0 Å². The van der Waals surface area contributed by atoms with Crippen LogP contribution in [0.3, 0.4) is 0 Å². The van der Waals surface area contributed by atoms with Crippen LogP contribution in [0.1, 0.15) is 11.1 Å². The van der Waals surface area contributed by atoms with E-state index in [4.69, 9.17) is 10.0 Å². The average Bonchev–Trinajstić information content (AvgIpc) is 2.78. The molecule has 4 rings (SSSR count). The van der Waals surface area contributed by atoms with E-state index in [2.05, 4.69) is 25.9 Å². The number of aromatic nitrogens is 2. The van der Waals surface area contributed by atoms with Gasteiger partial charge < -0.3 is 10.0 Å². The second-order valence-corrected chi connectivity index (χ2v) is 7.62. The van der Waals surface area contributed by atoms with Crippen molar-refractivity contribution >= 4 is 28.5 Å². The van der Waals surface area contributed by atoms with Crippen LogP contribution in [0.15, 0.2) is 89.8 Å². The molecule has 0 aliphatic heterocycles. The van der Waals surface area contributed by atoms with Gasteiger partial charge in [0.05, 0.1) is 5.69 Å². The molecule has 0 unspecified atom stereocenters. The molecular weight excluding hydrogens is 477 g/mol. The van der Waals surface area contributed by atoms with Gasteiger partial charge in [-0.25, -0.2) is 13.8 Å². The molecule has 0 saturated carbocycles. The molecule has 0 atom stereocenters. The molecule has 0 fully saturated rings. The standard InChI is InChI=1S/C12H10FN.C6H6BFO2.C6H6BrN/c1-9-2-7-12(14-8-9)10-3-5-11(13)6-4-10;8-6-3-1-5(2-4-6)7(9)10;1-5-2-3-6(7)8-4-5/h2-8H,1H3;1-4,9-10H;2-4H,1H3. The molecule has 32 heavy (non-hydrogen) atoms. The molecule has 0 saturated heterocycles. The van der Waals surface area contributed by atoms with Crippen molar-refractivity contribution in [2.24, 2.45) is 0 Å². The van der Waals surface area contributed by atoms with Crippen molar-refractivity contribution in [1.29, 1.82) is 0 Å². The lowest BCUT2D eigenvalue weighted by Crippen LogP contribution is -2.29. The molecule has 0 bridgehead atoms. The van der Waals surface area contributed by atoms with E-state index < -0.39 is 7.12 Å². The maximum Gasteiger partial charge on any atom is 0.488 e. The monoisotopic (exact) mass is 498 g/mol. The van der Waals surface area contributed by atoms with Crippen molar-refractivity contribution < 1.29 is 18.8 Å². The number of aryl methyl sites for hydroxylation is 2. The zero-order valence-electron chi connectivity index (χ0n) is 17.6. The zero-order valence-corrected chi connectivity index (χ0v) is 19.2. The minimum Gasteiger partial charge on any atom is -0.423 e. The number of nitrogens with zero attached hydrogens (tertiary/aromatic N) is 2. The van der Waals surface area contributed by atoms with E-state index in [1.807, 2.05) is 44.3 Å². The second-order valence-electron chi connectivity index (χ2n) is 6.81. The molecule has 0 amide bonds. The van der Waals surface area contributed by atoms with Crippen LogP contribution in [0, 0.1) is 25.5 Å². The Bertz CT molecular complexity index is 1010. The lowest BCUT2D eigenvalue weighted by atomic mass is 9.80. The predicted molar refractivity (Wildman–Crippen MR) is 127 cm³/mol. The Morgan fingerprint density at radius 3 is 1.59 bits per heavy atom. The largest absolute Gasteiger partial charge is 0.488 e. The second kappa shape index (κ2) is 12.8. The molecule has 2 heterocycles. The molecule has 0 aliphatic rings. The summed E-state index contributed by atoms with van der Waals surface area (Å²) in [4.78, 5) is 8.25. The summed E-state index contributed by atoms with van der Waals surface area (Å²) in [6.07, 6.45) is 3.63. The lowest BCUT2D eigenvalue weighted by molar-refractivity contribution is 0.425. The van der Waals surface area contributed by atoms with Gasteiger partial charge in [-0.15, -0.1) is 0 Å². The van der Waals surface area contributed by atoms with E-state index in [0.717, 1.165) is 21.4 Å². The molecule has 0 radical (unpaired) electrons. The van der Waals surface area contributed by atoms with Crippen molar-refractivity contribution in [1.82, 2.24) is 9.97 Å². The number of rotatable bonds is 2. The fourth-order valence-corrected chi connectivity index (χ4v) is 2.58. The normalized spacial score (nSPS) is 9.72. The van der Waals surface area contributed by atoms with Crippen LogP contribution in [-0.2, 0) is 0 Å². The summed E-state index contributed by atoms with van der Waals surface area (Å²) in [6, 6.07) is 19.2. The Labute approximate surface area is 194 Å². The minimum absolute atomic E-state index is 0.221. The molecule has 0 aliphatic carbocycles. The summed E-state index contributed by atoms with van der Waals surface area (Å²) in [7, 11) is -1.51. The molecule has 4 aromatic rings. The van der Waals surface area contributed by atoms with Crippen molar-refractivity contribution in [2.45, 2.75) is 13.8 Å². The van der Waals surface area contributed by atoms with Gasteiger partial charge in [-0.1, -0.05) is 24.3 Å². The highest BCUT2D eigenvalue weighted by molar-refractivity contribution is 9.10. The topological polar surface area (TPSA) is 66.2 Å². The van der Waals surface area contributed by atoms with Gasteiger partial charge in [0.15, 0.2) is 0 Å². The summed E-state index contributed by atoms with van der Waals surface area (Å²) in [5.74, 6) is -0.606. The Balaban J connectivity index is 0.000000178. The fourth-order valence-electron chi connectivity index (χ4n) is 2.34. The first kappa shape index (κ1) is 25.3. The molecule has 2 aromatic heterocycles. The van der Waals surface area contributed by atoms with Crippen LogP contribution in [0.2, 0.25) is 0 Å². The highest BCUT2D eigenvalue weighted by Crippen LogP contribution is 2.16. The molecule has 2 aromatic carbocycles. The van der Waals surface area contributed by atoms with Gasteiger partial charge in [0.1, 0.15) is 16.2 Å². The number of halogens is 3. The molecule has 2 N–H and O–H groups in total. The Kier molecular flexibility index (Phi) is 10.1. The highest BCUT2D eigenvalue weighted by Gasteiger charge is 2.09. The predicted octanol–water partition coefficient (Wildman–Crippen LogP) is 4.85. The van der Waals surface area contributed by atoms with Crippen LogP contribution in [-0.4, -0.2) is 27.1 Å². The van der Waals surface area contributed by atoms with E-state index in [1.54, 1.807) is 18.3 Å². The Hall–Kier alpha value is -2.94. The highest BCUT2D eigenvalue weighted by atomic mass is 79.9. The summed E-state index contributed by atoms with van der Waals surface area (Å²) in [5.41, 5.74) is 4.41. The SMILES string of the molecule is Cc1ccc(-c2ccc(F)cc2)nc1.Cc1ccc(Br)nc1.OB(O)c1ccc(F)cc1. The van der Waals surface area contributed by atoms with E-state index in [9.17, 15) is 8.78 Å². The van der Waals surface area contributed by atoms with E-state index >= 15 is 0 Å². The number of hydrogen-bond acceptors (Lipinski definition) is 4. The minimum atomic E-state index is -1.51. The van der Waals surface area contributed by atoms with Crippen molar-refractivity contribution in [3.8, 4) is 11.3 Å². The molecular formula is C24H22BBrF2N2O2. The van der Waals surface area contributed by atoms with Gasteiger partial charge in [0.2, 0.25) is 0 Å². The van der Waals surface area contributed by atoms with Gasteiger partial charge in [-0.05, 0) is 94.9 Å². The van der Waals surface area contributed by atoms with Crippen LogP contribution in [0.4, 0.5) is 8.78 Å². The van der Waals surface area contributed by atoms with Crippen LogP contribution in [0.5, 0.6) is 0 Å². The Morgan fingerprint density at radius 1 is 0.688 bits per heavy atom. The maximum absolute atomic E-state index is 12.6. The van der Waals surface area contributed by atoms with Crippen LogP contribution in [0.25, 0.3) is 11.3 Å². The van der Waals surface area contributed by atoms with Gasteiger partial charge in [0, 0.05) is 18.0 Å². The van der Waals surface area contributed by atoms with Gasteiger partial charge in [-0.3, -0.25) is 4.98 Å². The lowest BCUT2D eigenvalue weighted by Gasteiger charge is -2.00. The number of pyridine rings is 2. The van der Waals surface area contributed by atoms with Crippen LogP contribution < -0.4 is 5.46 Å². The first-order valence-corrected chi connectivity index (χ1v) is 10.4. The van der Waals surface area contributed by atoms with E-state index in [-0.39, 0.29) is 11.6 Å². The van der Waals surface area contributed by atoms with E-state index in [0.29, 0.717) is 5.46 Å². The molecule has 4 nitrogen and oxygen atoms in total. The third-order valence-corrected chi connectivity index (χ3v) is 4.56. The number of benzene rings is 2. The van der Waals surface area contributed by atoms with Crippen molar-refractivity contribution in [2.75, 3.05) is 0 Å². The smallest absolute Gasteiger partial charge is 0.423 e. The summed E-state index contributed by atoms with van der Waals surface area (Å²) < 4.78 is 25.7. The summed E-state index contributed by atoms with van der Waals surface area (Å²) in [6.45, 7) is 4.00. The summed E-state index contributed by atoms with van der Waals surface area (Å²) in [5, 5.41) is 17.1. The third kappa shape index (κ3) is 9.05. The summed E-state index contributed by atoms with van der Waals surface area (Å²) >= 11 is 3.23. The third-order valence-electron chi connectivity index (χ3n) is 4.09. The quantitative estimate of drug-likeness (QED) is 0.306. The van der Waals surface area contributed by atoms with Gasteiger partial charge in [0.25, 0.3) is 0 Å². The van der Waals surface area contributed by atoms with Gasteiger partial charge >= 0.3 is 7.12 Å². The zero-order chi connectivity index (χ0) is 23.5. The van der Waals surface area contributed by atoms with Gasteiger partial charge in [-0.2, -0.15) is 0 Å². The van der Waals surface area contributed by atoms with Crippen molar-refractivity contribution in [3.05, 3.63) is 113 Å². The first-order chi connectivity index (χ1) is 15.2. The average molecular weight is 499 g/mol. The maximum atomic E-state index is 12.6. The molecule has 164 valence electrons. The fraction of sp³-hybridized carbons (Fsp3) is 0.0833. The van der Waals surface area contributed by atoms with Crippen LogP contribution >= 0.6 is 15.9 Å².